The van der Waals surface area contributed by atoms with E-state index in [0.29, 0.717) is 42.2 Å². The molecule has 32 heavy (non-hydrogen) atoms. The molecule has 1 N–H and O–H groups in total. The molecular weight excluding hydrogens is 398 g/mol. The summed E-state index contributed by atoms with van der Waals surface area (Å²) in [5.41, 5.74) is 2.45. The van der Waals surface area contributed by atoms with Crippen molar-refractivity contribution in [1.29, 1.82) is 0 Å². The Morgan fingerprint density at radius 3 is 2.22 bits per heavy atom. The monoisotopic (exact) mass is 435 g/mol. The Balaban J connectivity index is 1.46. The third-order valence-electron chi connectivity index (χ3n) is 6.54. The Kier molecular flexibility index (Phi) is 8.46. The standard InChI is InChI=1S/C27H37N3O2/c1-20(17-28-26(31)19-30-21(2)9-8-10-22(30)3)18-29(4)25-15-13-24(14-16-25)27(32)23-11-6-5-7-12-23/h5-7,11-16,20-22H,8-10,17-19H2,1-4H3,(H,28,31). The molecule has 0 spiro atoms. The van der Waals surface area contributed by atoms with Gasteiger partial charge < -0.3 is 10.2 Å². The fraction of sp³-hybridized carbons (Fsp3) is 0.481. The second-order valence-corrected chi connectivity index (χ2v) is 9.33. The topological polar surface area (TPSA) is 52.7 Å². The van der Waals surface area contributed by atoms with Crippen LogP contribution in [0.5, 0.6) is 0 Å². The van der Waals surface area contributed by atoms with Gasteiger partial charge in [0, 0.05) is 49.0 Å². The Morgan fingerprint density at radius 1 is 1.00 bits per heavy atom. The van der Waals surface area contributed by atoms with Crippen molar-refractivity contribution in [3.8, 4) is 0 Å². The molecule has 3 atom stereocenters. The lowest BCUT2D eigenvalue weighted by Crippen LogP contribution is -2.49. The number of carbonyl (C=O) groups excluding carboxylic acids is 2. The minimum absolute atomic E-state index is 0.0354. The average molecular weight is 436 g/mol. The van der Waals surface area contributed by atoms with Crippen molar-refractivity contribution in [3.05, 3.63) is 65.7 Å². The third-order valence-corrected chi connectivity index (χ3v) is 6.54. The number of rotatable bonds is 9. The summed E-state index contributed by atoms with van der Waals surface area (Å²) in [6.07, 6.45) is 3.61. The highest BCUT2D eigenvalue weighted by Gasteiger charge is 2.26. The summed E-state index contributed by atoms with van der Waals surface area (Å²) in [6, 6.07) is 18.0. The molecule has 1 heterocycles. The minimum Gasteiger partial charge on any atom is -0.374 e. The molecule has 0 aromatic heterocycles. The van der Waals surface area contributed by atoms with Crippen LogP contribution in [0.4, 0.5) is 5.69 Å². The van der Waals surface area contributed by atoms with Crippen molar-refractivity contribution in [2.75, 3.05) is 31.6 Å². The van der Waals surface area contributed by atoms with Crippen LogP contribution in [-0.4, -0.2) is 55.4 Å². The fourth-order valence-electron chi connectivity index (χ4n) is 4.56. The van der Waals surface area contributed by atoms with E-state index in [9.17, 15) is 9.59 Å². The normalized spacial score (nSPS) is 19.9. The van der Waals surface area contributed by atoms with E-state index in [4.69, 9.17) is 0 Å². The van der Waals surface area contributed by atoms with Crippen molar-refractivity contribution < 1.29 is 9.59 Å². The van der Waals surface area contributed by atoms with Gasteiger partial charge in [-0.25, -0.2) is 0 Å². The van der Waals surface area contributed by atoms with Gasteiger partial charge in [0.1, 0.15) is 0 Å². The molecule has 2 aromatic rings. The number of hydrogen-bond donors (Lipinski definition) is 1. The molecule has 0 saturated carbocycles. The molecule has 1 fully saturated rings. The number of likely N-dealkylation sites (tertiary alicyclic amines) is 1. The molecular formula is C27H37N3O2. The molecule has 3 unspecified atom stereocenters. The van der Waals surface area contributed by atoms with Crippen molar-refractivity contribution >= 4 is 17.4 Å². The van der Waals surface area contributed by atoms with E-state index in [0.717, 1.165) is 12.2 Å². The first-order valence-electron chi connectivity index (χ1n) is 11.8. The molecule has 5 nitrogen and oxygen atoms in total. The Labute approximate surface area is 192 Å². The summed E-state index contributed by atoms with van der Waals surface area (Å²) in [4.78, 5) is 29.6. The summed E-state index contributed by atoms with van der Waals surface area (Å²) in [5.74, 6) is 0.461. The number of hydrogen-bond acceptors (Lipinski definition) is 4. The maximum Gasteiger partial charge on any atom is 0.234 e. The molecule has 0 radical (unpaired) electrons. The van der Waals surface area contributed by atoms with Gasteiger partial charge >= 0.3 is 0 Å². The number of piperidine rings is 1. The van der Waals surface area contributed by atoms with Crippen LogP contribution < -0.4 is 10.2 Å². The van der Waals surface area contributed by atoms with E-state index in [1.54, 1.807) is 0 Å². The minimum atomic E-state index is 0.0354. The van der Waals surface area contributed by atoms with Gasteiger partial charge in [-0.3, -0.25) is 14.5 Å². The first-order valence-corrected chi connectivity index (χ1v) is 11.8. The van der Waals surface area contributed by atoms with Crippen LogP contribution in [0.25, 0.3) is 0 Å². The zero-order valence-corrected chi connectivity index (χ0v) is 19.9. The van der Waals surface area contributed by atoms with Gasteiger partial charge in [0.05, 0.1) is 6.54 Å². The molecule has 3 rings (SSSR count). The summed E-state index contributed by atoms with van der Waals surface area (Å²) >= 11 is 0. The van der Waals surface area contributed by atoms with Crippen molar-refractivity contribution in [2.45, 2.75) is 52.1 Å². The number of benzene rings is 2. The molecule has 5 heteroatoms. The highest BCUT2D eigenvalue weighted by molar-refractivity contribution is 6.09. The van der Waals surface area contributed by atoms with Crippen LogP contribution in [0.1, 0.15) is 56.0 Å². The molecule has 1 aliphatic rings. The first-order chi connectivity index (χ1) is 15.3. The molecule has 1 aliphatic heterocycles. The van der Waals surface area contributed by atoms with E-state index >= 15 is 0 Å². The second kappa shape index (κ2) is 11.3. The summed E-state index contributed by atoms with van der Waals surface area (Å²) in [7, 11) is 2.05. The van der Waals surface area contributed by atoms with Crippen LogP contribution in [0.15, 0.2) is 54.6 Å². The lowest BCUT2D eigenvalue weighted by molar-refractivity contribution is -0.124. The largest absolute Gasteiger partial charge is 0.374 e. The predicted molar refractivity (Wildman–Crippen MR) is 131 cm³/mol. The van der Waals surface area contributed by atoms with Gasteiger partial charge in [-0.1, -0.05) is 43.7 Å². The maximum absolute atomic E-state index is 12.6. The number of anilines is 1. The van der Waals surface area contributed by atoms with Gasteiger partial charge in [0.15, 0.2) is 5.78 Å². The summed E-state index contributed by atoms with van der Waals surface area (Å²) in [5, 5.41) is 3.12. The fourth-order valence-corrected chi connectivity index (χ4v) is 4.56. The van der Waals surface area contributed by atoms with Crippen LogP contribution in [-0.2, 0) is 4.79 Å². The van der Waals surface area contributed by atoms with Crippen molar-refractivity contribution in [2.24, 2.45) is 5.92 Å². The van der Waals surface area contributed by atoms with Gasteiger partial charge in [0.25, 0.3) is 0 Å². The van der Waals surface area contributed by atoms with E-state index in [-0.39, 0.29) is 11.7 Å². The molecule has 1 amide bonds. The lowest BCUT2D eigenvalue weighted by Gasteiger charge is -2.38. The molecule has 1 saturated heterocycles. The number of amides is 1. The van der Waals surface area contributed by atoms with Crippen LogP contribution in [0.2, 0.25) is 0 Å². The zero-order chi connectivity index (χ0) is 23.1. The number of carbonyl (C=O) groups is 2. The number of ketones is 1. The Hall–Kier alpha value is -2.66. The van der Waals surface area contributed by atoms with E-state index in [1.807, 2.05) is 61.6 Å². The maximum atomic E-state index is 12.6. The SMILES string of the molecule is CC(CNC(=O)CN1C(C)CCCC1C)CN(C)c1ccc(C(=O)c2ccccc2)cc1. The molecule has 172 valence electrons. The second-order valence-electron chi connectivity index (χ2n) is 9.33. The highest BCUT2D eigenvalue weighted by atomic mass is 16.2. The smallest absolute Gasteiger partial charge is 0.234 e. The van der Waals surface area contributed by atoms with Crippen LogP contribution >= 0.6 is 0 Å². The van der Waals surface area contributed by atoms with Gasteiger partial charge in [-0.05, 0) is 56.9 Å². The molecule has 0 bridgehead atoms. The van der Waals surface area contributed by atoms with Crippen molar-refractivity contribution in [3.63, 3.8) is 0 Å². The Morgan fingerprint density at radius 2 is 1.59 bits per heavy atom. The average Bonchev–Trinajstić information content (AvgIpc) is 2.80. The van der Waals surface area contributed by atoms with Gasteiger partial charge in [-0.15, -0.1) is 0 Å². The molecule has 0 aliphatic carbocycles. The highest BCUT2D eigenvalue weighted by Crippen LogP contribution is 2.22. The number of nitrogens with zero attached hydrogens (tertiary/aromatic N) is 2. The van der Waals surface area contributed by atoms with Crippen molar-refractivity contribution in [1.82, 2.24) is 10.2 Å². The zero-order valence-electron chi connectivity index (χ0n) is 19.9. The summed E-state index contributed by atoms with van der Waals surface area (Å²) in [6.45, 7) is 8.56. The van der Waals surface area contributed by atoms with E-state index in [1.165, 1.54) is 19.3 Å². The van der Waals surface area contributed by atoms with Gasteiger partial charge in [0.2, 0.25) is 5.91 Å². The first kappa shape index (κ1) is 24.0. The van der Waals surface area contributed by atoms with E-state index in [2.05, 4.69) is 35.9 Å². The van der Waals surface area contributed by atoms with Crippen LogP contribution in [0, 0.1) is 5.92 Å². The predicted octanol–water partition coefficient (Wildman–Crippen LogP) is 4.37. The summed E-state index contributed by atoms with van der Waals surface area (Å²) < 4.78 is 0. The van der Waals surface area contributed by atoms with Crippen LogP contribution in [0.3, 0.4) is 0 Å². The quantitative estimate of drug-likeness (QED) is 0.595. The van der Waals surface area contributed by atoms with Gasteiger partial charge in [-0.2, -0.15) is 0 Å². The number of nitrogens with one attached hydrogen (secondary N) is 1. The van der Waals surface area contributed by atoms with E-state index < -0.39 is 0 Å². The molecule has 2 aromatic carbocycles. The Bertz CT molecular complexity index is 872. The lowest BCUT2D eigenvalue weighted by atomic mass is 9.97. The third kappa shape index (κ3) is 6.42.